The van der Waals surface area contributed by atoms with Gasteiger partial charge in [0, 0.05) is 27.5 Å². The highest BCUT2D eigenvalue weighted by Gasteiger charge is 2.21. The lowest BCUT2D eigenvalue weighted by atomic mass is 10.1. The van der Waals surface area contributed by atoms with Gasteiger partial charge in [0.2, 0.25) is 0 Å². The molecule has 5 heteroatoms. The van der Waals surface area contributed by atoms with Crippen LogP contribution in [0.1, 0.15) is 28.8 Å². The fourth-order valence-corrected chi connectivity index (χ4v) is 3.87. The van der Waals surface area contributed by atoms with Gasteiger partial charge in [-0.05, 0) is 49.6 Å². The van der Waals surface area contributed by atoms with Gasteiger partial charge in [-0.1, -0.05) is 27.5 Å². The second kappa shape index (κ2) is 6.69. The van der Waals surface area contributed by atoms with Gasteiger partial charge in [-0.2, -0.15) is 0 Å². The normalized spacial score (nSPS) is 14.4. The number of halogens is 2. The minimum absolute atomic E-state index is 0.566. The number of rotatable bonds is 6. The maximum absolute atomic E-state index is 6.07. The van der Waals surface area contributed by atoms with E-state index in [1.807, 2.05) is 12.1 Å². The van der Waals surface area contributed by atoms with Crippen LogP contribution in [0.2, 0.25) is 4.34 Å². The second-order valence-corrected chi connectivity index (χ2v) is 8.08. The standard InChI is InChI=1S/C16H17BrClNOS/c1-10-6-12(17)7-11(8-19-13-2-3-13)16(10)20-9-14-4-5-15(18)21-14/h4-7,13,19H,2-3,8-9H2,1H3. The fraction of sp³-hybridized carbons (Fsp3) is 0.375. The molecule has 1 aromatic heterocycles. The van der Waals surface area contributed by atoms with Crippen LogP contribution in [0.5, 0.6) is 5.75 Å². The van der Waals surface area contributed by atoms with Crippen LogP contribution in [0.4, 0.5) is 0 Å². The highest BCUT2D eigenvalue weighted by Crippen LogP contribution is 2.31. The smallest absolute Gasteiger partial charge is 0.127 e. The third kappa shape index (κ3) is 4.22. The van der Waals surface area contributed by atoms with Crippen LogP contribution >= 0.6 is 38.9 Å². The van der Waals surface area contributed by atoms with E-state index < -0.39 is 0 Å². The van der Waals surface area contributed by atoms with E-state index in [1.165, 1.54) is 18.4 Å². The van der Waals surface area contributed by atoms with Crippen molar-refractivity contribution < 1.29 is 4.74 Å². The molecule has 112 valence electrons. The van der Waals surface area contributed by atoms with Crippen LogP contribution in [0, 0.1) is 6.92 Å². The van der Waals surface area contributed by atoms with E-state index in [-0.39, 0.29) is 0 Å². The van der Waals surface area contributed by atoms with Crippen molar-refractivity contribution in [3.05, 3.63) is 49.1 Å². The molecule has 1 heterocycles. The van der Waals surface area contributed by atoms with Crippen LogP contribution in [0.3, 0.4) is 0 Å². The molecular weight excluding hydrogens is 370 g/mol. The molecule has 0 saturated heterocycles. The van der Waals surface area contributed by atoms with Gasteiger partial charge in [0.05, 0.1) is 4.34 Å². The molecule has 0 unspecified atom stereocenters. The first-order valence-electron chi connectivity index (χ1n) is 7.01. The average molecular weight is 387 g/mol. The van der Waals surface area contributed by atoms with Crippen molar-refractivity contribution >= 4 is 38.9 Å². The third-order valence-corrected chi connectivity index (χ3v) is 5.12. The molecule has 0 amide bonds. The fourth-order valence-electron chi connectivity index (χ4n) is 2.25. The number of nitrogens with one attached hydrogen (secondary N) is 1. The monoisotopic (exact) mass is 385 g/mol. The van der Waals surface area contributed by atoms with Crippen LogP contribution in [-0.4, -0.2) is 6.04 Å². The lowest BCUT2D eigenvalue weighted by Crippen LogP contribution is -2.16. The van der Waals surface area contributed by atoms with Crippen molar-refractivity contribution in [2.24, 2.45) is 0 Å². The number of hydrogen-bond acceptors (Lipinski definition) is 3. The molecule has 3 rings (SSSR count). The van der Waals surface area contributed by atoms with Crippen molar-refractivity contribution in [1.82, 2.24) is 5.32 Å². The quantitative estimate of drug-likeness (QED) is 0.727. The lowest BCUT2D eigenvalue weighted by Gasteiger charge is -2.15. The summed E-state index contributed by atoms with van der Waals surface area (Å²) in [7, 11) is 0. The van der Waals surface area contributed by atoms with Gasteiger partial charge in [0.15, 0.2) is 0 Å². The Morgan fingerprint density at radius 2 is 2.19 bits per heavy atom. The van der Waals surface area contributed by atoms with Gasteiger partial charge in [0.1, 0.15) is 12.4 Å². The van der Waals surface area contributed by atoms with E-state index in [4.69, 9.17) is 16.3 Å². The Labute approximate surface area is 142 Å². The number of thiophene rings is 1. The Morgan fingerprint density at radius 3 is 2.86 bits per heavy atom. The number of ether oxygens (including phenoxy) is 1. The van der Waals surface area contributed by atoms with Crippen molar-refractivity contribution in [3.63, 3.8) is 0 Å². The predicted octanol–water partition coefficient (Wildman–Crippen LogP) is 5.30. The first-order valence-corrected chi connectivity index (χ1v) is 9.00. The highest BCUT2D eigenvalue weighted by atomic mass is 79.9. The largest absolute Gasteiger partial charge is 0.487 e. The van der Waals surface area contributed by atoms with E-state index in [2.05, 4.69) is 40.3 Å². The van der Waals surface area contributed by atoms with Gasteiger partial charge in [0.25, 0.3) is 0 Å². The maximum Gasteiger partial charge on any atom is 0.127 e. The number of aryl methyl sites for hydroxylation is 1. The Kier molecular flexibility index (Phi) is 4.89. The first-order chi connectivity index (χ1) is 10.1. The van der Waals surface area contributed by atoms with Crippen molar-refractivity contribution in [1.29, 1.82) is 0 Å². The van der Waals surface area contributed by atoms with Gasteiger partial charge in [-0.15, -0.1) is 11.3 Å². The molecule has 0 aliphatic heterocycles. The Morgan fingerprint density at radius 1 is 1.38 bits per heavy atom. The summed E-state index contributed by atoms with van der Waals surface area (Å²) in [5, 5.41) is 3.55. The molecule has 0 bridgehead atoms. The van der Waals surface area contributed by atoms with Crippen molar-refractivity contribution in [2.75, 3.05) is 0 Å². The molecule has 1 aromatic carbocycles. The van der Waals surface area contributed by atoms with Crippen molar-refractivity contribution in [3.8, 4) is 5.75 Å². The molecule has 0 radical (unpaired) electrons. The van der Waals surface area contributed by atoms with Crippen LogP contribution in [-0.2, 0) is 13.2 Å². The zero-order valence-electron chi connectivity index (χ0n) is 11.8. The third-order valence-electron chi connectivity index (χ3n) is 3.46. The SMILES string of the molecule is Cc1cc(Br)cc(CNC2CC2)c1OCc1ccc(Cl)s1. The molecule has 1 aliphatic rings. The van der Waals surface area contributed by atoms with Crippen molar-refractivity contribution in [2.45, 2.75) is 39.0 Å². The minimum Gasteiger partial charge on any atom is -0.487 e. The summed E-state index contributed by atoms with van der Waals surface area (Å²) in [4.78, 5) is 1.14. The highest BCUT2D eigenvalue weighted by molar-refractivity contribution is 9.10. The van der Waals surface area contributed by atoms with E-state index >= 15 is 0 Å². The molecule has 1 aliphatic carbocycles. The van der Waals surface area contributed by atoms with E-state index in [0.717, 1.165) is 31.5 Å². The average Bonchev–Trinajstić information content (AvgIpc) is 3.17. The minimum atomic E-state index is 0.566. The Bertz CT molecular complexity index is 639. The van der Waals surface area contributed by atoms with Crippen LogP contribution in [0.15, 0.2) is 28.7 Å². The maximum atomic E-state index is 6.07. The zero-order chi connectivity index (χ0) is 14.8. The molecule has 0 spiro atoms. The van der Waals surface area contributed by atoms with Crippen LogP contribution in [0.25, 0.3) is 0 Å². The Hall–Kier alpha value is -0.550. The lowest BCUT2D eigenvalue weighted by molar-refractivity contribution is 0.303. The molecule has 21 heavy (non-hydrogen) atoms. The zero-order valence-corrected chi connectivity index (χ0v) is 14.9. The van der Waals surface area contributed by atoms with Gasteiger partial charge < -0.3 is 10.1 Å². The summed E-state index contributed by atoms with van der Waals surface area (Å²) in [5.41, 5.74) is 2.36. The number of benzene rings is 1. The van der Waals surface area contributed by atoms with Gasteiger partial charge in [-0.3, -0.25) is 0 Å². The molecule has 1 N–H and O–H groups in total. The summed E-state index contributed by atoms with van der Waals surface area (Å²) in [6.07, 6.45) is 2.58. The molecule has 1 saturated carbocycles. The number of hydrogen-bond donors (Lipinski definition) is 1. The van der Waals surface area contributed by atoms with Crippen LogP contribution < -0.4 is 10.1 Å². The van der Waals surface area contributed by atoms with Gasteiger partial charge in [-0.25, -0.2) is 0 Å². The summed E-state index contributed by atoms with van der Waals surface area (Å²) >= 11 is 11.1. The summed E-state index contributed by atoms with van der Waals surface area (Å²) in [6.45, 7) is 3.50. The molecular formula is C16H17BrClNOS. The van der Waals surface area contributed by atoms with E-state index in [1.54, 1.807) is 11.3 Å². The molecule has 2 nitrogen and oxygen atoms in total. The summed E-state index contributed by atoms with van der Waals surface area (Å²) < 4.78 is 7.96. The molecule has 0 atom stereocenters. The van der Waals surface area contributed by atoms with E-state index in [0.29, 0.717) is 12.6 Å². The second-order valence-electron chi connectivity index (χ2n) is 5.36. The molecule has 2 aromatic rings. The molecule has 1 fully saturated rings. The Balaban J connectivity index is 1.74. The summed E-state index contributed by atoms with van der Waals surface area (Å²) in [5.74, 6) is 0.982. The predicted molar refractivity (Wildman–Crippen MR) is 92.4 cm³/mol. The first kappa shape index (κ1) is 15.3. The topological polar surface area (TPSA) is 21.3 Å². The van der Waals surface area contributed by atoms with Gasteiger partial charge >= 0.3 is 0 Å². The van der Waals surface area contributed by atoms with E-state index in [9.17, 15) is 0 Å². The summed E-state index contributed by atoms with van der Waals surface area (Å²) in [6, 6.07) is 8.85.